The normalized spacial score (nSPS) is 22.8. The van der Waals surface area contributed by atoms with E-state index in [0.717, 1.165) is 18.4 Å². The fourth-order valence-corrected chi connectivity index (χ4v) is 4.15. The van der Waals surface area contributed by atoms with Gasteiger partial charge < -0.3 is 24.6 Å². The Balaban J connectivity index is 1.85. The van der Waals surface area contributed by atoms with E-state index in [4.69, 9.17) is 9.47 Å². The van der Waals surface area contributed by atoms with Crippen LogP contribution in [-0.4, -0.2) is 53.2 Å². The predicted molar refractivity (Wildman–Crippen MR) is 114 cm³/mol. The number of aliphatic hydroxyl groups is 1. The van der Waals surface area contributed by atoms with Crippen molar-refractivity contribution >= 4 is 17.4 Å². The van der Waals surface area contributed by atoms with Crippen LogP contribution in [-0.2, 0) is 14.3 Å². The molecule has 4 rings (SSSR count). The monoisotopic (exact) mass is 423 g/mol. The summed E-state index contributed by atoms with van der Waals surface area (Å²) >= 11 is 0. The Labute approximate surface area is 180 Å². The van der Waals surface area contributed by atoms with Gasteiger partial charge in [0.05, 0.1) is 24.8 Å². The molecule has 1 amide bonds. The summed E-state index contributed by atoms with van der Waals surface area (Å²) < 4.78 is 10.9. The highest BCUT2D eigenvalue weighted by molar-refractivity contribution is 6.46. The highest BCUT2D eigenvalue weighted by atomic mass is 16.5. The number of benzene rings is 2. The fourth-order valence-electron chi connectivity index (χ4n) is 4.15. The minimum Gasteiger partial charge on any atom is -0.507 e. The second-order valence-electron chi connectivity index (χ2n) is 7.88. The van der Waals surface area contributed by atoms with Crippen LogP contribution in [0.3, 0.4) is 0 Å². The molecule has 0 spiro atoms. The van der Waals surface area contributed by atoms with E-state index in [1.54, 1.807) is 24.3 Å². The Hall–Kier alpha value is -3.32. The van der Waals surface area contributed by atoms with Gasteiger partial charge in [0.2, 0.25) is 0 Å². The lowest BCUT2D eigenvalue weighted by Crippen LogP contribution is -2.36. The number of likely N-dealkylation sites (tertiary alicyclic amines) is 1. The van der Waals surface area contributed by atoms with Gasteiger partial charge in [0.1, 0.15) is 5.76 Å². The van der Waals surface area contributed by atoms with E-state index in [-0.39, 0.29) is 35.5 Å². The van der Waals surface area contributed by atoms with Crippen LogP contribution < -0.4 is 4.74 Å². The molecular weight excluding hydrogens is 398 g/mol. The van der Waals surface area contributed by atoms with Gasteiger partial charge in [-0.1, -0.05) is 35.9 Å². The maximum atomic E-state index is 13.0. The first-order valence-electron chi connectivity index (χ1n) is 10.2. The van der Waals surface area contributed by atoms with Crippen molar-refractivity contribution in [3.8, 4) is 11.5 Å². The zero-order chi connectivity index (χ0) is 22.1. The van der Waals surface area contributed by atoms with E-state index in [9.17, 15) is 19.8 Å². The average molecular weight is 423 g/mol. The van der Waals surface area contributed by atoms with Crippen molar-refractivity contribution in [1.82, 2.24) is 4.90 Å². The second-order valence-corrected chi connectivity index (χ2v) is 7.88. The molecule has 2 aliphatic rings. The van der Waals surface area contributed by atoms with Crippen molar-refractivity contribution in [3.63, 3.8) is 0 Å². The summed E-state index contributed by atoms with van der Waals surface area (Å²) in [4.78, 5) is 27.5. The third-order valence-corrected chi connectivity index (χ3v) is 5.81. The SMILES string of the molecule is COc1cc([C@H]2C(=C(O)c3ccc(C)cc3)C(=O)C(=O)N2C[C@H]2CCCO2)ccc1O. The first kappa shape index (κ1) is 20.9. The number of phenolic OH excluding ortho intramolecular Hbond substituents is 1. The number of phenols is 1. The Kier molecular flexibility index (Phi) is 5.69. The molecule has 31 heavy (non-hydrogen) atoms. The molecule has 0 aromatic heterocycles. The van der Waals surface area contributed by atoms with Gasteiger partial charge in [0, 0.05) is 18.7 Å². The van der Waals surface area contributed by atoms with Gasteiger partial charge in [0.15, 0.2) is 11.5 Å². The van der Waals surface area contributed by atoms with Crippen LogP contribution in [0, 0.1) is 6.92 Å². The van der Waals surface area contributed by atoms with E-state index in [2.05, 4.69) is 0 Å². The summed E-state index contributed by atoms with van der Waals surface area (Å²) in [7, 11) is 1.43. The van der Waals surface area contributed by atoms with Crippen molar-refractivity contribution < 1.29 is 29.3 Å². The molecule has 2 atom stereocenters. The summed E-state index contributed by atoms with van der Waals surface area (Å²) in [5, 5.41) is 21.1. The summed E-state index contributed by atoms with van der Waals surface area (Å²) in [6.07, 6.45) is 1.53. The third-order valence-electron chi connectivity index (χ3n) is 5.81. The summed E-state index contributed by atoms with van der Waals surface area (Å²) in [5.74, 6) is -1.49. The Bertz CT molecular complexity index is 1040. The van der Waals surface area contributed by atoms with Gasteiger partial charge in [-0.3, -0.25) is 9.59 Å². The number of Topliss-reactive ketones (excluding diaryl/α,β-unsaturated/α-hetero) is 1. The van der Waals surface area contributed by atoms with Crippen LogP contribution >= 0.6 is 0 Å². The van der Waals surface area contributed by atoms with E-state index < -0.39 is 17.7 Å². The van der Waals surface area contributed by atoms with Gasteiger partial charge in [-0.05, 0) is 37.5 Å². The van der Waals surface area contributed by atoms with Gasteiger partial charge in [-0.2, -0.15) is 0 Å². The molecular formula is C24H25NO6. The number of ketones is 1. The molecule has 0 unspecified atom stereocenters. The van der Waals surface area contributed by atoms with Crippen molar-refractivity contribution in [1.29, 1.82) is 0 Å². The molecule has 2 aromatic carbocycles. The van der Waals surface area contributed by atoms with Crippen LogP contribution in [0.2, 0.25) is 0 Å². The standard InChI is InChI=1S/C24H25NO6/c1-14-5-7-15(8-6-14)22(27)20-21(16-9-10-18(26)19(12-16)30-2)25(24(29)23(20)28)13-17-4-3-11-31-17/h5-10,12,17,21,26-27H,3-4,11,13H2,1-2H3/t17-,21+/m1/s1. The zero-order valence-electron chi connectivity index (χ0n) is 17.5. The molecule has 162 valence electrons. The Morgan fingerprint density at radius 3 is 2.58 bits per heavy atom. The average Bonchev–Trinajstić information content (AvgIpc) is 3.37. The van der Waals surface area contributed by atoms with Crippen molar-refractivity contribution in [2.24, 2.45) is 0 Å². The third kappa shape index (κ3) is 3.88. The number of hydrogen-bond acceptors (Lipinski definition) is 6. The van der Waals surface area contributed by atoms with Gasteiger partial charge >= 0.3 is 0 Å². The molecule has 2 aromatic rings. The van der Waals surface area contributed by atoms with Crippen molar-refractivity contribution in [2.45, 2.75) is 31.9 Å². The highest BCUT2D eigenvalue weighted by Crippen LogP contribution is 2.42. The number of nitrogens with zero attached hydrogens (tertiary/aromatic N) is 1. The largest absolute Gasteiger partial charge is 0.507 e. The topological polar surface area (TPSA) is 96.3 Å². The lowest BCUT2D eigenvalue weighted by molar-refractivity contribution is -0.140. The molecule has 7 nitrogen and oxygen atoms in total. The van der Waals surface area contributed by atoms with Crippen LogP contribution in [0.5, 0.6) is 11.5 Å². The summed E-state index contributed by atoms with van der Waals surface area (Å²) in [6, 6.07) is 10.9. The van der Waals surface area contributed by atoms with Crippen LogP contribution in [0.15, 0.2) is 48.0 Å². The summed E-state index contributed by atoms with van der Waals surface area (Å²) in [5.41, 5.74) is 2.03. The minimum atomic E-state index is -0.819. The maximum absolute atomic E-state index is 13.0. The number of carbonyl (C=O) groups is 2. The van der Waals surface area contributed by atoms with Gasteiger partial charge in [-0.25, -0.2) is 0 Å². The molecule has 2 fully saturated rings. The predicted octanol–water partition coefficient (Wildman–Crippen LogP) is 3.31. The summed E-state index contributed by atoms with van der Waals surface area (Å²) in [6.45, 7) is 2.78. The number of amides is 1. The Morgan fingerprint density at radius 2 is 1.94 bits per heavy atom. The van der Waals surface area contributed by atoms with E-state index >= 15 is 0 Å². The number of rotatable bonds is 5. The van der Waals surface area contributed by atoms with Crippen LogP contribution in [0.25, 0.3) is 5.76 Å². The van der Waals surface area contributed by atoms with Crippen LogP contribution in [0.4, 0.5) is 0 Å². The molecule has 7 heteroatoms. The second kappa shape index (κ2) is 8.43. The maximum Gasteiger partial charge on any atom is 0.295 e. The number of aromatic hydroxyl groups is 1. The number of methoxy groups -OCH3 is 1. The molecule has 0 aliphatic carbocycles. The number of carbonyl (C=O) groups excluding carboxylic acids is 2. The van der Waals surface area contributed by atoms with Gasteiger partial charge in [0.25, 0.3) is 11.7 Å². The Morgan fingerprint density at radius 1 is 1.19 bits per heavy atom. The highest BCUT2D eigenvalue weighted by Gasteiger charge is 2.47. The zero-order valence-corrected chi connectivity index (χ0v) is 17.5. The first-order chi connectivity index (χ1) is 14.9. The van der Waals surface area contributed by atoms with E-state index in [1.165, 1.54) is 18.1 Å². The number of hydrogen-bond donors (Lipinski definition) is 2. The number of ether oxygens (including phenoxy) is 2. The molecule has 0 bridgehead atoms. The number of aryl methyl sites for hydroxylation is 1. The molecule has 2 aliphatic heterocycles. The lowest BCUT2D eigenvalue weighted by Gasteiger charge is -2.27. The molecule has 2 heterocycles. The lowest BCUT2D eigenvalue weighted by atomic mass is 9.94. The van der Waals surface area contributed by atoms with E-state index in [1.807, 2.05) is 19.1 Å². The first-order valence-corrected chi connectivity index (χ1v) is 10.2. The quantitative estimate of drug-likeness (QED) is 0.435. The molecule has 2 N–H and O–H groups in total. The van der Waals surface area contributed by atoms with E-state index in [0.29, 0.717) is 17.7 Å². The smallest absolute Gasteiger partial charge is 0.295 e. The molecule has 0 saturated carbocycles. The number of aliphatic hydroxyl groups excluding tert-OH is 1. The molecule has 0 radical (unpaired) electrons. The minimum absolute atomic E-state index is 0.0135. The van der Waals surface area contributed by atoms with Crippen molar-refractivity contribution in [3.05, 3.63) is 64.7 Å². The van der Waals surface area contributed by atoms with Crippen LogP contribution in [0.1, 0.15) is 35.6 Å². The fraction of sp³-hybridized carbons (Fsp3) is 0.333. The van der Waals surface area contributed by atoms with Gasteiger partial charge in [-0.15, -0.1) is 0 Å². The molecule has 2 saturated heterocycles. The van der Waals surface area contributed by atoms with Crippen molar-refractivity contribution in [2.75, 3.05) is 20.3 Å².